The minimum Gasteiger partial charge on any atom is -0.479 e. The molecule has 8 heteroatoms. The number of tetrazole rings is 1. The van der Waals surface area contributed by atoms with Gasteiger partial charge in [-0.2, -0.15) is 5.10 Å². The Morgan fingerprint density at radius 1 is 1.56 bits per heavy atom. The van der Waals surface area contributed by atoms with Crippen LogP contribution < -0.4 is 0 Å². The van der Waals surface area contributed by atoms with Crippen LogP contribution in [0.4, 0.5) is 0 Å². The lowest BCUT2D eigenvalue weighted by Crippen LogP contribution is -2.39. The molecule has 1 atom stereocenters. The smallest absolute Gasteiger partial charge is 0.331 e. The molecule has 2 aromatic heterocycles. The summed E-state index contributed by atoms with van der Waals surface area (Å²) in [5.74, 6) is -0.572. The van der Waals surface area contributed by atoms with Crippen molar-refractivity contribution in [2.45, 2.75) is 25.8 Å². The van der Waals surface area contributed by atoms with Gasteiger partial charge in [0, 0.05) is 13.2 Å². The summed E-state index contributed by atoms with van der Waals surface area (Å²) >= 11 is 0. The Kier molecular flexibility index (Phi) is 2.85. The normalized spacial score (nSPS) is 14.4. The van der Waals surface area contributed by atoms with E-state index >= 15 is 0 Å². The second-order valence-electron chi connectivity index (χ2n) is 4.25. The van der Waals surface area contributed by atoms with Crippen LogP contribution in [0.2, 0.25) is 0 Å². The topological polar surface area (TPSA) is 98.7 Å². The Labute approximate surface area is 103 Å². The Hall–Kier alpha value is -2.25. The van der Waals surface area contributed by atoms with Gasteiger partial charge in [0.25, 0.3) is 0 Å². The zero-order valence-electron chi connectivity index (χ0n) is 10.4. The number of carboxylic acids is 1. The molecule has 0 radical (unpaired) electrons. The third-order valence-corrected chi connectivity index (χ3v) is 3.05. The van der Waals surface area contributed by atoms with Crippen LogP contribution in [0.25, 0.3) is 11.4 Å². The molecule has 0 bridgehead atoms. The summed E-state index contributed by atoms with van der Waals surface area (Å²) in [4.78, 5) is 11.4. The summed E-state index contributed by atoms with van der Waals surface area (Å²) in [7, 11) is 1.77. The van der Waals surface area contributed by atoms with Crippen molar-refractivity contribution in [2.24, 2.45) is 7.05 Å². The van der Waals surface area contributed by atoms with Gasteiger partial charge in [-0.25, -0.2) is 9.48 Å². The molecular weight excluding hydrogens is 236 g/mol. The van der Waals surface area contributed by atoms with Gasteiger partial charge in [0.15, 0.2) is 11.4 Å². The summed E-state index contributed by atoms with van der Waals surface area (Å²) in [5.41, 5.74) is -0.488. The Balaban J connectivity index is 2.54. The summed E-state index contributed by atoms with van der Waals surface area (Å²) in [5, 5.41) is 24.6. The molecule has 0 aliphatic carbocycles. The van der Waals surface area contributed by atoms with Crippen LogP contribution in [0, 0.1) is 0 Å². The van der Waals surface area contributed by atoms with E-state index in [1.54, 1.807) is 38.0 Å². The zero-order chi connectivity index (χ0) is 13.3. The van der Waals surface area contributed by atoms with Crippen LogP contribution in [0.3, 0.4) is 0 Å². The van der Waals surface area contributed by atoms with Crippen LogP contribution in [-0.4, -0.2) is 41.1 Å². The van der Waals surface area contributed by atoms with Crippen molar-refractivity contribution in [3.8, 4) is 11.4 Å². The molecule has 0 aliphatic heterocycles. The van der Waals surface area contributed by atoms with E-state index in [4.69, 9.17) is 0 Å². The summed E-state index contributed by atoms with van der Waals surface area (Å²) in [6, 6.07) is 0. The van der Waals surface area contributed by atoms with Gasteiger partial charge in [-0.05, 0) is 23.8 Å². The molecule has 1 N–H and O–H groups in total. The standard InChI is InChI=1S/C10H14N6O2/c1-4-10(2,9(17)18)16-8(12-13-14-16)7-5-11-15(3)6-7/h5-6H,4H2,1-3H3,(H,17,18). The Bertz CT molecular complexity index is 574. The van der Waals surface area contributed by atoms with Crippen LogP contribution >= 0.6 is 0 Å². The fourth-order valence-corrected chi connectivity index (χ4v) is 1.63. The monoisotopic (exact) mass is 250 g/mol. The van der Waals surface area contributed by atoms with Gasteiger partial charge < -0.3 is 5.11 Å². The zero-order valence-corrected chi connectivity index (χ0v) is 10.4. The number of carbonyl (C=O) groups is 1. The van der Waals surface area contributed by atoms with E-state index in [1.165, 1.54) is 4.68 Å². The van der Waals surface area contributed by atoms with Gasteiger partial charge in [-0.3, -0.25) is 4.68 Å². The van der Waals surface area contributed by atoms with E-state index in [0.717, 1.165) is 0 Å². The molecule has 0 saturated heterocycles. The maximum absolute atomic E-state index is 11.4. The van der Waals surface area contributed by atoms with Crippen molar-refractivity contribution in [1.29, 1.82) is 0 Å². The van der Waals surface area contributed by atoms with Crippen LogP contribution in [0.1, 0.15) is 20.3 Å². The predicted octanol–water partition coefficient (Wildman–Crippen LogP) is 0.283. The van der Waals surface area contributed by atoms with Gasteiger partial charge in [0.1, 0.15) is 0 Å². The number of aromatic nitrogens is 6. The molecule has 2 heterocycles. The van der Waals surface area contributed by atoms with Crippen molar-refractivity contribution in [1.82, 2.24) is 30.0 Å². The van der Waals surface area contributed by atoms with Gasteiger partial charge in [-0.1, -0.05) is 6.92 Å². The molecule has 0 saturated carbocycles. The van der Waals surface area contributed by atoms with Crippen molar-refractivity contribution >= 4 is 5.97 Å². The average molecular weight is 250 g/mol. The van der Waals surface area contributed by atoms with Crippen molar-refractivity contribution in [2.75, 3.05) is 0 Å². The molecule has 0 fully saturated rings. The van der Waals surface area contributed by atoms with E-state index in [9.17, 15) is 9.90 Å². The van der Waals surface area contributed by atoms with Crippen LogP contribution in [-0.2, 0) is 17.4 Å². The highest BCUT2D eigenvalue weighted by Gasteiger charge is 2.37. The third-order valence-electron chi connectivity index (χ3n) is 3.05. The third kappa shape index (κ3) is 1.75. The van der Waals surface area contributed by atoms with E-state index in [0.29, 0.717) is 17.8 Å². The molecular formula is C10H14N6O2. The fraction of sp³-hybridized carbons (Fsp3) is 0.500. The molecule has 0 aromatic carbocycles. The van der Waals surface area contributed by atoms with Gasteiger partial charge in [0.2, 0.25) is 0 Å². The molecule has 2 rings (SSSR count). The largest absolute Gasteiger partial charge is 0.479 e. The van der Waals surface area contributed by atoms with Crippen molar-refractivity contribution in [3.05, 3.63) is 12.4 Å². The first-order valence-electron chi connectivity index (χ1n) is 5.50. The maximum Gasteiger partial charge on any atom is 0.331 e. The van der Waals surface area contributed by atoms with E-state index in [1.807, 2.05) is 0 Å². The minimum atomic E-state index is -1.17. The van der Waals surface area contributed by atoms with Crippen molar-refractivity contribution < 1.29 is 9.90 Å². The molecule has 0 aliphatic rings. The summed E-state index contributed by atoms with van der Waals surface area (Å²) in [6.07, 6.45) is 3.71. The Morgan fingerprint density at radius 2 is 2.28 bits per heavy atom. The first-order chi connectivity index (χ1) is 8.49. The highest BCUT2D eigenvalue weighted by atomic mass is 16.4. The van der Waals surface area contributed by atoms with E-state index < -0.39 is 11.5 Å². The summed E-state index contributed by atoms with van der Waals surface area (Å²) < 4.78 is 2.94. The van der Waals surface area contributed by atoms with Gasteiger partial charge in [-0.15, -0.1) is 5.10 Å². The summed E-state index contributed by atoms with van der Waals surface area (Å²) in [6.45, 7) is 3.37. The lowest BCUT2D eigenvalue weighted by atomic mass is 9.99. The first kappa shape index (κ1) is 12.2. The van der Waals surface area contributed by atoms with E-state index in [2.05, 4.69) is 20.6 Å². The molecule has 0 amide bonds. The average Bonchev–Trinajstić information content (AvgIpc) is 2.95. The van der Waals surface area contributed by atoms with Crippen LogP contribution in [0.5, 0.6) is 0 Å². The predicted molar refractivity (Wildman–Crippen MR) is 61.6 cm³/mol. The van der Waals surface area contributed by atoms with Crippen molar-refractivity contribution in [3.63, 3.8) is 0 Å². The van der Waals surface area contributed by atoms with Gasteiger partial charge >= 0.3 is 5.97 Å². The Morgan fingerprint density at radius 3 is 2.78 bits per heavy atom. The quantitative estimate of drug-likeness (QED) is 0.837. The maximum atomic E-state index is 11.4. The number of aryl methyl sites for hydroxylation is 1. The number of nitrogens with zero attached hydrogens (tertiary/aromatic N) is 6. The lowest BCUT2D eigenvalue weighted by molar-refractivity contribution is -0.147. The SMILES string of the molecule is CCC(C)(C(=O)O)n1nnnc1-c1cnn(C)c1. The fourth-order valence-electron chi connectivity index (χ4n) is 1.63. The molecule has 96 valence electrons. The first-order valence-corrected chi connectivity index (χ1v) is 5.50. The number of hydrogen-bond acceptors (Lipinski definition) is 5. The highest BCUT2D eigenvalue weighted by molar-refractivity contribution is 5.77. The highest BCUT2D eigenvalue weighted by Crippen LogP contribution is 2.25. The number of rotatable bonds is 4. The van der Waals surface area contributed by atoms with E-state index in [-0.39, 0.29) is 0 Å². The second kappa shape index (κ2) is 4.21. The van der Waals surface area contributed by atoms with Gasteiger partial charge in [0.05, 0.1) is 11.8 Å². The number of hydrogen-bond donors (Lipinski definition) is 1. The molecule has 0 spiro atoms. The molecule has 18 heavy (non-hydrogen) atoms. The second-order valence-corrected chi connectivity index (χ2v) is 4.25. The molecule has 8 nitrogen and oxygen atoms in total. The minimum absolute atomic E-state index is 0.376. The number of aliphatic carboxylic acids is 1. The molecule has 1 unspecified atom stereocenters. The number of carboxylic acid groups (broad SMARTS) is 1. The molecule has 2 aromatic rings. The van der Waals surface area contributed by atoms with Crippen LogP contribution in [0.15, 0.2) is 12.4 Å². The lowest BCUT2D eigenvalue weighted by Gasteiger charge is -2.23.